The molecule has 0 bridgehead atoms. The molecule has 1 unspecified atom stereocenters. The van der Waals surface area contributed by atoms with Crippen LogP contribution in [0, 0.1) is 5.92 Å². The summed E-state index contributed by atoms with van der Waals surface area (Å²) in [4.78, 5) is 16.9. The average molecular weight is 287 g/mol. The summed E-state index contributed by atoms with van der Waals surface area (Å²) in [6.45, 7) is 2.95. The number of piperidine rings is 1. The molecule has 0 saturated carbocycles. The Labute approximate surface area is 127 Å². The minimum Gasteiger partial charge on any atom is -0.373 e. The van der Waals surface area contributed by atoms with Crippen molar-refractivity contribution in [1.29, 1.82) is 0 Å². The molecule has 1 aromatic carbocycles. The summed E-state index contributed by atoms with van der Waals surface area (Å²) in [6, 6.07) is 8.17. The van der Waals surface area contributed by atoms with Gasteiger partial charge in [0.05, 0.1) is 0 Å². The van der Waals surface area contributed by atoms with Crippen molar-refractivity contribution in [1.82, 2.24) is 9.80 Å². The van der Waals surface area contributed by atoms with E-state index in [1.807, 2.05) is 12.1 Å². The van der Waals surface area contributed by atoms with E-state index in [2.05, 4.69) is 41.3 Å². The summed E-state index contributed by atoms with van der Waals surface area (Å²) in [5.41, 5.74) is 2.39. The average Bonchev–Trinajstić information content (AvgIpc) is 2.90. The molecule has 0 aliphatic carbocycles. The molecule has 21 heavy (non-hydrogen) atoms. The number of hydrogen-bond donors (Lipinski definition) is 1. The quantitative estimate of drug-likeness (QED) is 0.921. The molecule has 1 fully saturated rings. The topological polar surface area (TPSA) is 35.6 Å². The first-order chi connectivity index (χ1) is 10.1. The summed E-state index contributed by atoms with van der Waals surface area (Å²) in [5.74, 6) is 1.01. The van der Waals surface area contributed by atoms with Crippen LogP contribution in [0.25, 0.3) is 0 Å². The van der Waals surface area contributed by atoms with E-state index in [4.69, 9.17) is 0 Å². The third kappa shape index (κ3) is 3.21. The molecule has 114 valence electrons. The lowest BCUT2D eigenvalue weighted by Gasteiger charge is -2.34. The first-order valence-corrected chi connectivity index (χ1v) is 7.91. The number of fused-ring (bicyclic) bond motifs is 1. The molecule has 0 aromatic heterocycles. The molecule has 1 amide bonds. The minimum absolute atomic E-state index is 0.0622. The fourth-order valence-electron chi connectivity index (χ4n) is 3.52. The van der Waals surface area contributed by atoms with Gasteiger partial charge in [0, 0.05) is 31.7 Å². The number of para-hydroxylation sites is 1. The Hall–Kier alpha value is -1.55. The first kappa shape index (κ1) is 14.4. The molecular formula is C17H25N3O. The van der Waals surface area contributed by atoms with Crippen LogP contribution in [0.4, 0.5) is 5.69 Å². The Bertz CT molecular complexity index is 482. The Morgan fingerprint density at radius 3 is 2.67 bits per heavy atom. The number of rotatable bonds is 3. The molecule has 4 nitrogen and oxygen atoms in total. The SMILES string of the molecule is CN(C)CC1CCN(C(=O)C2Cc3ccccc3N2)CC1. The maximum absolute atomic E-state index is 12.7. The molecule has 1 N–H and O–H groups in total. The second-order valence-electron chi connectivity index (χ2n) is 6.59. The molecule has 3 rings (SSSR count). The molecule has 4 heteroatoms. The predicted octanol–water partition coefficient (Wildman–Crippen LogP) is 1.82. The highest BCUT2D eigenvalue weighted by molar-refractivity contribution is 5.87. The van der Waals surface area contributed by atoms with Gasteiger partial charge in [-0.3, -0.25) is 4.79 Å². The van der Waals surface area contributed by atoms with Crippen molar-refractivity contribution in [2.75, 3.05) is 39.0 Å². The van der Waals surface area contributed by atoms with Gasteiger partial charge < -0.3 is 15.1 Å². The number of carbonyl (C=O) groups is 1. The summed E-state index contributed by atoms with van der Waals surface area (Å²) < 4.78 is 0. The smallest absolute Gasteiger partial charge is 0.245 e. The monoisotopic (exact) mass is 287 g/mol. The van der Waals surface area contributed by atoms with E-state index < -0.39 is 0 Å². The van der Waals surface area contributed by atoms with E-state index in [9.17, 15) is 4.79 Å². The maximum Gasteiger partial charge on any atom is 0.245 e. The van der Waals surface area contributed by atoms with Crippen molar-refractivity contribution >= 4 is 11.6 Å². The normalized spacial score (nSPS) is 22.2. The van der Waals surface area contributed by atoms with Crippen LogP contribution in [-0.2, 0) is 11.2 Å². The van der Waals surface area contributed by atoms with Crippen molar-refractivity contribution in [3.63, 3.8) is 0 Å². The number of amides is 1. The van der Waals surface area contributed by atoms with E-state index in [-0.39, 0.29) is 11.9 Å². The van der Waals surface area contributed by atoms with Crippen molar-refractivity contribution in [3.05, 3.63) is 29.8 Å². The van der Waals surface area contributed by atoms with Crippen LogP contribution in [0.3, 0.4) is 0 Å². The zero-order valence-electron chi connectivity index (χ0n) is 13.0. The predicted molar refractivity (Wildman–Crippen MR) is 85.4 cm³/mol. The Morgan fingerprint density at radius 2 is 2.00 bits per heavy atom. The lowest BCUT2D eigenvalue weighted by molar-refractivity contribution is -0.133. The standard InChI is InChI=1S/C17H25N3O/c1-19(2)12-13-7-9-20(10-8-13)17(21)16-11-14-5-3-4-6-15(14)18-16/h3-6,13,16,18H,7-12H2,1-2H3. The molecule has 1 aromatic rings. The lowest BCUT2D eigenvalue weighted by Crippen LogP contribution is -2.46. The molecule has 0 radical (unpaired) electrons. The summed E-state index contributed by atoms with van der Waals surface area (Å²) in [6.07, 6.45) is 3.08. The highest BCUT2D eigenvalue weighted by Gasteiger charge is 2.32. The Kier molecular flexibility index (Phi) is 4.15. The summed E-state index contributed by atoms with van der Waals surface area (Å²) in [7, 11) is 4.24. The van der Waals surface area contributed by atoms with Gasteiger partial charge in [0.25, 0.3) is 0 Å². The second kappa shape index (κ2) is 6.06. The first-order valence-electron chi connectivity index (χ1n) is 7.91. The summed E-state index contributed by atoms with van der Waals surface area (Å²) in [5, 5.41) is 3.38. The van der Waals surface area contributed by atoms with Gasteiger partial charge >= 0.3 is 0 Å². The zero-order valence-corrected chi connectivity index (χ0v) is 13.0. The Balaban J connectivity index is 1.54. The van der Waals surface area contributed by atoms with Gasteiger partial charge in [-0.05, 0) is 44.5 Å². The van der Waals surface area contributed by atoms with Gasteiger partial charge in [-0.1, -0.05) is 18.2 Å². The zero-order chi connectivity index (χ0) is 14.8. The highest BCUT2D eigenvalue weighted by atomic mass is 16.2. The molecule has 1 saturated heterocycles. The maximum atomic E-state index is 12.7. The van der Waals surface area contributed by atoms with Crippen LogP contribution in [0.15, 0.2) is 24.3 Å². The van der Waals surface area contributed by atoms with Gasteiger partial charge in [-0.2, -0.15) is 0 Å². The third-order valence-corrected chi connectivity index (χ3v) is 4.62. The number of likely N-dealkylation sites (tertiary alicyclic amines) is 1. The van der Waals surface area contributed by atoms with Gasteiger partial charge in [-0.25, -0.2) is 0 Å². The number of nitrogens with one attached hydrogen (secondary N) is 1. The highest BCUT2D eigenvalue weighted by Crippen LogP contribution is 2.27. The van der Waals surface area contributed by atoms with Crippen LogP contribution in [0.2, 0.25) is 0 Å². The number of nitrogens with zero attached hydrogens (tertiary/aromatic N) is 2. The van der Waals surface area contributed by atoms with E-state index in [0.717, 1.165) is 50.5 Å². The number of anilines is 1. The second-order valence-corrected chi connectivity index (χ2v) is 6.59. The number of benzene rings is 1. The molecule has 2 aliphatic heterocycles. The molecule has 2 aliphatic rings. The van der Waals surface area contributed by atoms with Crippen molar-refractivity contribution < 1.29 is 4.79 Å². The van der Waals surface area contributed by atoms with Crippen LogP contribution < -0.4 is 5.32 Å². The fraction of sp³-hybridized carbons (Fsp3) is 0.588. The van der Waals surface area contributed by atoms with Crippen molar-refractivity contribution in [3.8, 4) is 0 Å². The van der Waals surface area contributed by atoms with Crippen LogP contribution in [-0.4, -0.2) is 55.5 Å². The van der Waals surface area contributed by atoms with E-state index >= 15 is 0 Å². The largest absolute Gasteiger partial charge is 0.373 e. The van der Waals surface area contributed by atoms with Gasteiger partial charge in [0.15, 0.2) is 0 Å². The Morgan fingerprint density at radius 1 is 1.29 bits per heavy atom. The molecule has 2 heterocycles. The van der Waals surface area contributed by atoms with Gasteiger partial charge in [0.1, 0.15) is 6.04 Å². The van der Waals surface area contributed by atoms with Gasteiger partial charge in [-0.15, -0.1) is 0 Å². The number of carbonyl (C=O) groups excluding carboxylic acids is 1. The van der Waals surface area contributed by atoms with Crippen molar-refractivity contribution in [2.45, 2.75) is 25.3 Å². The van der Waals surface area contributed by atoms with Crippen molar-refractivity contribution in [2.24, 2.45) is 5.92 Å². The molecular weight excluding hydrogens is 262 g/mol. The molecule has 0 spiro atoms. The summed E-state index contributed by atoms with van der Waals surface area (Å²) >= 11 is 0. The number of hydrogen-bond acceptors (Lipinski definition) is 3. The van der Waals surface area contributed by atoms with E-state index in [1.54, 1.807) is 0 Å². The molecule has 1 atom stereocenters. The lowest BCUT2D eigenvalue weighted by atomic mass is 9.95. The fourth-order valence-corrected chi connectivity index (χ4v) is 3.52. The van der Waals surface area contributed by atoms with Crippen LogP contribution in [0.5, 0.6) is 0 Å². The van der Waals surface area contributed by atoms with Gasteiger partial charge in [0.2, 0.25) is 5.91 Å². The van der Waals surface area contributed by atoms with E-state index in [1.165, 1.54) is 5.56 Å². The van der Waals surface area contributed by atoms with E-state index in [0.29, 0.717) is 0 Å². The van der Waals surface area contributed by atoms with Crippen LogP contribution >= 0.6 is 0 Å². The third-order valence-electron chi connectivity index (χ3n) is 4.62. The minimum atomic E-state index is -0.0622. The van der Waals surface area contributed by atoms with Crippen LogP contribution in [0.1, 0.15) is 18.4 Å².